The third-order valence-electron chi connectivity index (χ3n) is 1.69. The molecular formula is C8H12O8. The topological polar surface area (TPSA) is 141 Å². The quantitative estimate of drug-likeness (QED) is 0.288. The first-order valence-corrected chi connectivity index (χ1v) is 4.20. The zero-order valence-electron chi connectivity index (χ0n) is 8.31. The minimum Gasteiger partial charge on any atom is -0.479 e. The van der Waals surface area contributed by atoms with Crippen molar-refractivity contribution in [3.05, 3.63) is 0 Å². The third kappa shape index (κ3) is 3.93. The number of carboxylic acid groups (broad SMARTS) is 1. The molecule has 0 amide bonds. The molecular weight excluding hydrogens is 224 g/mol. The standard InChI is InChI=1S/C8H12O8/c1-3(10)16-7(4(11)2-9)5(12)6(13)8(14)15/h2,4-7,11-13H,1H3,(H,14,15). The molecule has 0 aliphatic carbocycles. The summed E-state index contributed by atoms with van der Waals surface area (Å²) in [5, 5.41) is 35.7. The van der Waals surface area contributed by atoms with E-state index in [9.17, 15) is 19.5 Å². The van der Waals surface area contributed by atoms with Crippen LogP contribution in [0, 0.1) is 0 Å². The fraction of sp³-hybridized carbons (Fsp3) is 0.625. The van der Waals surface area contributed by atoms with Crippen LogP contribution in [0.3, 0.4) is 0 Å². The molecule has 8 heteroatoms. The number of esters is 1. The molecule has 0 spiro atoms. The zero-order valence-corrected chi connectivity index (χ0v) is 8.31. The summed E-state index contributed by atoms with van der Waals surface area (Å²) >= 11 is 0. The van der Waals surface area contributed by atoms with Crippen molar-refractivity contribution >= 4 is 18.2 Å². The fourth-order valence-corrected chi connectivity index (χ4v) is 0.936. The lowest BCUT2D eigenvalue weighted by atomic mass is 10.0. The lowest BCUT2D eigenvalue weighted by Crippen LogP contribution is -2.50. The van der Waals surface area contributed by atoms with Crippen LogP contribution in [0.4, 0.5) is 0 Å². The molecule has 0 saturated carbocycles. The Kier molecular flexibility index (Phi) is 5.57. The van der Waals surface area contributed by atoms with Gasteiger partial charge in [0, 0.05) is 6.92 Å². The molecule has 16 heavy (non-hydrogen) atoms. The van der Waals surface area contributed by atoms with Gasteiger partial charge in [0.25, 0.3) is 0 Å². The number of hydrogen-bond acceptors (Lipinski definition) is 7. The number of aliphatic carboxylic acids is 1. The van der Waals surface area contributed by atoms with Gasteiger partial charge in [-0.1, -0.05) is 0 Å². The third-order valence-corrected chi connectivity index (χ3v) is 1.69. The van der Waals surface area contributed by atoms with Crippen molar-refractivity contribution in [3.8, 4) is 0 Å². The van der Waals surface area contributed by atoms with E-state index in [1.54, 1.807) is 0 Å². The number of aliphatic hydroxyl groups excluding tert-OH is 3. The summed E-state index contributed by atoms with van der Waals surface area (Å²) in [6.45, 7) is 0.935. The highest BCUT2D eigenvalue weighted by Gasteiger charge is 2.37. The molecule has 0 saturated heterocycles. The molecule has 0 aliphatic rings. The van der Waals surface area contributed by atoms with E-state index in [0.717, 1.165) is 6.92 Å². The van der Waals surface area contributed by atoms with Crippen LogP contribution in [0.25, 0.3) is 0 Å². The molecule has 8 nitrogen and oxygen atoms in total. The van der Waals surface area contributed by atoms with Gasteiger partial charge >= 0.3 is 11.9 Å². The smallest absolute Gasteiger partial charge is 0.335 e. The highest BCUT2D eigenvalue weighted by Crippen LogP contribution is 2.09. The summed E-state index contributed by atoms with van der Waals surface area (Å²) in [4.78, 5) is 31.1. The van der Waals surface area contributed by atoms with E-state index in [2.05, 4.69) is 4.74 Å². The van der Waals surface area contributed by atoms with Gasteiger partial charge in [0.2, 0.25) is 0 Å². The van der Waals surface area contributed by atoms with Gasteiger partial charge in [-0.05, 0) is 0 Å². The molecule has 0 aromatic carbocycles. The Balaban J connectivity index is 4.80. The second-order valence-corrected chi connectivity index (χ2v) is 2.97. The summed E-state index contributed by atoms with van der Waals surface area (Å²) < 4.78 is 4.34. The Morgan fingerprint density at radius 1 is 1.25 bits per heavy atom. The number of carboxylic acids is 1. The monoisotopic (exact) mass is 236 g/mol. The lowest BCUT2D eigenvalue weighted by molar-refractivity contribution is -0.178. The van der Waals surface area contributed by atoms with E-state index in [0.29, 0.717) is 0 Å². The number of aliphatic hydroxyl groups is 3. The Morgan fingerprint density at radius 3 is 2.06 bits per heavy atom. The summed E-state index contributed by atoms with van der Waals surface area (Å²) in [5.41, 5.74) is 0. The Bertz CT molecular complexity index is 275. The molecule has 4 unspecified atom stereocenters. The average molecular weight is 236 g/mol. The van der Waals surface area contributed by atoms with E-state index in [4.69, 9.17) is 15.3 Å². The average Bonchev–Trinajstić information content (AvgIpc) is 2.22. The molecule has 0 bridgehead atoms. The van der Waals surface area contributed by atoms with Crippen LogP contribution in [0.2, 0.25) is 0 Å². The van der Waals surface area contributed by atoms with E-state index < -0.39 is 36.4 Å². The van der Waals surface area contributed by atoms with Crippen LogP contribution in [-0.2, 0) is 19.1 Å². The Labute approximate surface area is 90.1 Å². The molecule has 0 fully saturated rings. The first-order chi connectivity index (χ1) is 7.31. The molecule has 0 aromatic heterocycles. The number of ether oxygens (including phenoxy) is 1. The van der Waals surface area contributed by atoms with E-state index in [1.165, 1.54) is 0 Å². The van der Waals surface area contributed by atoms with Crippen LogP contribution in [-0.4, -0.2) is 63.1 Å². The second-order valence-electron chi connectivity index (χ2n) is 2.97. The molecule has 0 radical (unpaired) electrons. The SMILES string of the molecule is CC(=O)OC(C(O)C=O)C(O)C(O)C(=O)O. The number of carbonyl (C=O) groups excluding carboxylic acids is 2. The first-order valence-electron chi connectivity index (χ1n) is 4.20. The summed E-state index contributed by atoms with van der Waals surface area (Å²) in [5.74, 6) is -2.72. The molecule has 4 atom stereocenters. The van der Waals surface area contributed by atoms with Crippen molar-refractivity contribution in [2.45, 2.75) is 31.3 Å². The normalized spacial score (nSPS) is 18.0. The highest BCUT2D eigenvalue weighted by atomic mass is 16.6. The molecule has 0 aromatic rings. The minimum atomic E-state index is -2.28. The van der Waals surface area contributed by atoms with Crippen molar-refractivity contribution in [3.63, 3.8) is 0 Å². The Hall–Kier alpha value is -1.51. The number of aldehydes is 1. The summed E-state index contributed by atoms with van der Waals surface area (Å²) in [6, 6.07) is 0. The Morgan fingerprint density at radius 2 is 1.75 bits per heavy atom. The first kappa shape index (κ1) is 14.5. The van der Waals surface area contributed by atoms with E-state index >= 15 is 0 Å². The van der Waals surface area contributed by atoms with Gasteiger partial charge in [0.1, 0.15) is 12.2 Å². The second kappa shape index (κ2) is 6.16. The van der Waals surface area contributed by atoms with Crippen molar-refractivity contribution in [1.29, 1.82) is 0 Å². The maximum Gasteiger partial charge on any atom is 0.335 e. The number of rotatable bonds is 6. The molecule has 4 N–H and O–H groups in total. The van der Waals surface area contributed by atoms with Gasteiger partial charge in [-0.2, -0.15) is 0 Å². The summed E-state index contributed by atoms with van der Waals surface area (Å²) in [6.07, 6.45) is -8.19. The maximum atomic E-state index is 10.6. The number of carbonyl (C=O) groups is 3. The lowest BCUT2D eigenvalue weighted by Gasteiger charge is -2.25. The molecule has 0 rings (SSSR count). The van der Waals surface area contributed by atoms with Crippen molar-refractivity contribution in [2.24, 2.45) is 0 Å². The van der Waals surface area contributed by atoms with Gasteiger partial charge in [0.05, 0.1) is 0 Å². The van der Waals surface area contributed by atoms with Crippen LogP contribution in [0.1, 0.15) is 6.92 Å². The predicted molar refractivity (Wildman–Crippen MR) is 47.3 cm³/mol. The van der Waals surface area contributed by atoms with Gasteiger partial charge in [-0.25, -0.2) is 4.79 Å². The number of hydrogen-bond donors (Lipinski definition) is 4. The van der Waals surface area contributed by atoms with Gasteiger partial charge in [-0.15, -0.1) is 0 Å². The molecule has 0 heterocycles. The van der Waals surface area contributed by atoms with Gasteiger partial charge < -0.3 is 30.0 Å². The molecule has 0 aliphatic heterocycles. The minimum absolute atomic E-state index is 0.0502. The van der Waals surface area contributed by atoms with Gasteiger partial charge in [0.15, 0.2) is 18.5 Å². The fourth-order valence-electron chi connectivity index (χ4n) is 0.936. The molecule has 92 valence electrons. The largest absolute Gasteiger partial charge is 0.479 e. The van der Waals surface area contributed by atoms with Crippen molar-refractivity contribution in [1.82, 2.24) is 0 Å². The van der Waals surface area contributed by atoms with Crippen molar-refractivity contribution in [2.75, 3.05) is 0 Å². The van der Waals surface area contributed by atoms with Crippen LogP contribution in [0.15, 0.2) is 0 Å². The highest BCUT2D eigenvalue weighted by molar-refractivity contribution is 5.73. The zero-order chi connectivity index (χ0) is 12.9. The van der Waals surface area contributed by atoms with Crippen LogP contribution in [0.5, 0.6) is 0 Å². The predicted octanol–water partition coefficient (Wildman–Crippen LogP) is -2.72. The van der Waals surface area contributed by atoms with Crippen LogP contribution >= 0.6 is 0 Å². The summed E-state index contributed by atoms with van der Waals surface area (Å²) in [7, 11) is 0. The van der Waals surface area contributed by atoms with E-state index in [-0.39, 0.29) is 6.29 Å². The van der Waals surface area contributed by atoms with Crippen molar-refractivity contribution < 1.29 is 39.5 Å². The van der Waals surface area contributed by atoms with Gasteiger partial charge in [-0.3, -0.25) is 4.79 Å². The van der Waals surface area contributed by atoms with E-state index in [1.807, 2.05) is 0 Å². The maximum absolute atomic E-state index is 10.6. The van der Waals surface area contributed by atoms with Crippen LogP contribution < -0.4 is 0 Å².